The van der Waals surface area contributed by atoms with Crippen LogP contribution in [0.4, 0.5) is 5.69 Å². The van der Waals surface area contributed by atoms with Crippen LogP contribution in [0.5, 0.6) is 0 Å². The first kappa shape index (κ1) is 21.6. The second-order valence-corrected chi connectivity index (χ2v) is 9.07. The van der Waals surface area contributed by atoms with Crippen molar-refractivity contribution < 1.29 is 14.4 Å². The molecule has 1 aliphatic rings. The molecule has 0 aliphatic carbocycles. The van der Waals surface area contributed by atoms with Gasteiger partial charge in [-0.2, -0.15) is 0 Å². The zero-order chi connectivity index (χ0) is 21.0. The maximum atomic E-state index is 12.5. The number of aryl methyl sites for hydroxylation is 1. The molecule has 5 nitrogen and oxygen atoms in total. The lowest BCUT2D eigenvalue weighted by Gasteiger charge is -2.35. The molecule has 2 aromatic rings. The molecule has 1 atom stereocenters. The molecule has 2 N–H and O–H groups in total. The van der Waals surface area contributed by atoms with E-state index in [0.717, 1.165) is 20.5 Å². The summed E-state index contributed by atoms with van der Waals surface area (Å²) < 4.78 is 1.02. The Bertz CT molecular complexity index is 946. The largest absolute Gasteiger partial charge is 0.325 e. The minimum absolute atomic E-state index is 0.0868. The molecule has 1 heterocycles. The van der Waals surface area contributed by atoms with Crippen LogP contribution in [-0.2, 0) is 19.8 Å². The fourth-order valence-electron chi connectivity index (χ4n) is 3.55. The number of benzene rings is 2. The third kappa shape index (κ3) is 4.90. The summed E-state index contributed by atoms with van der Waals surface area (Å²) in [6.07, 6.45) is 1.45. The van der Waals surface area contributed by atoms with Crippen molar-refractivity contribution in [2.45, 2.75) is 43.4 Å². The van der Waals surface area contributed by atoms with Crippen LogP contribution in [0.25, 0.3) is 0 Å². The molecule has 0 bridgehead atoms. The highest BCUT2D eigenvalue weighted by molar-refractivity contribution is 9.10. The number of rotatable bonds is 6. The average molecular weight is 475 g/mol. The van der Waals surface area contributed by atoms with Gasteiger partial charge in [-0.3, -0.25) is 19.7 Å². The maximum Gasteiger partial charge on any atom is 0.237 e. The van der Waals surface area contributed by atoms with E-state index in [1.165, 1.54) is 11.8 Å². The van der Waals surface area contributed by atoms with Gasteiger partial charge in [0.1, 0.15) is 0 Å². The molecule has 0 spiro atoms. The van der Waals surface area contributed by atoms with Crippen LogP contribution >= 0.6 is 27.7 Å². The highest BCUT2D eigenvalue weighted by Gasteiger charge is 2.42. The normalized spacial score (nSPS) is 19.0. The van der Waals surface area contributed by atoms with Crippen LogP contribution in [-0.4, -0.2) is 23.5 Å². The van der Waals surface area contributed by atoms with E-state index in [-0.39, 0.29) is 17.7 Å². The molecule has 0 saturated carbocycles. The van der Waals surface area contributed by atoms with Gasteiger partial charge in [-0.25, -0.2) is 0 Å². The molecular weight excluding hydrogens is 452 g/mol. The molecule has 0 aromatic heterocycles. The highest BCUT2D eigenvalue weighted by atomic mass is 79.9. The lowest BCUT2D eigenvalue weighted by molar-refractivity contribution is -0.138. The van der Waals surface area contributed by atoms with E-state index in [0.29, 0.717) is 30.7 Å². The third-order valence-electron chi connectivity index (χ3n) is 5.29. The Morgan fingerprint density at radius 3 is 2.55 bits per heavy atom. The van der Waals surface area contributed by atoms with E-state index >= 15 is 0 Å². The smallest absolute Gasteiger partial charge is 0.237 e. The molecule has 0 radical (unpaired) electrons. The van der Waals surface area contributed by atoms with Crippen molar-refractivity contribution in [3.63, 3.8) is 0 Å². The summed E-state index contributed by atoms with van der Waals surface area (Å²) >= 11 is 4.94. The molecule has 3 amide bonds. The Kier molecular flexibility index (Phi) is 6.80. The summed E-state index contributed by atoms with van der Waals surface area (Å²) in [6, 6.07) is 13.3. The lowest BCUT2D eigenvalue weighted by atomic mass is 9.72. The number of imide groups is 1. The molecular formula is C22H23BrN2O3S. The Labute approximate surface area is 183 Å². The van der Waals surface area contributed by atoms with Crippen molar-refractivity contribution in [2.24, 2.45) is 0 Å². The number of carbonyl (C=O) groups excluding carboxylic acids is 3. The molecule has 1 aliphatic heterocycles. The van der Waals surface area contributed by atoms with Gasteiger partial charge < -0.3 is 5.32 Å². The van der Waals surface area contributed by atoms with Crippen molar-refractivity contribution in [2.75, 3.05) is 11.1 Å². The van der Waals surface area contributed by atoms with Gasteiger partial charge in [-0.05, 0) is 61.2 Å². The first-order valence-corrected chi connectivity index (χ1v) is 11.3. The highest BCUT2D eigenvalue weighted by Crippen LogP contribution is 2.36. The summed E-state index contributed by atoms with van der Waals surface area (Å²) in [5.41, 5.74) is 1.98. The number of amides is 3. The van der Waals surface area contributed by atoms with E-state index in [2.05, 4.69) is 26.6 Å². The topological polar surface area (TPSA) is 75.3 Å². The second kappa shape index (κ2) is 9.13. The third-order valence-corrected chi connectivity index (χ3v) is 6.96. The van der Waals surface area contributed by atoms with Crippen molar-refractivity contribution in [3.05, 3.63) is 58.1 Å². The van der Waals surface area contributed by atoms with E-state index in [9.17, 15) is 14.4 Å². The summed E-state index contributed by atoms with van der Waals surface area (Å²) in [6.45, 7) is 3.97. The van der Waals surface area contributed by atoms with Crippen LogP contribution < -0.4 is 10.6 Å². The number of piperidine rings is 1. The van der Waals surface area contributed by atoms with E-state index < -0.39 is 5.41 Å². The van der Waals surface area contributed by atoms with Crippen molar-refractivity contribution in [3.8, 4) is 0 Å². The lowest BCUT2D eigenvalue weighted by Crippen LogP contribution is -2.51. The molecule has 152 valence electrons. The van der Waals surface area contributed by atoms with Crippen LogP contribution in [0.3, 0.4) is 0 Å². The molecule has 3 rings (SSSR count). The molecule has 29 heavy (non-hydrogen) atoms. The van der Waals surface area contributed by atoms with Gasteiger partial charge in [0.05, 0.1) is 11.2 Å². The standard InChI is InChI=1S/C22H23BrN2O3S/c1-3-22(11-10-19(26)25-21(22)28)15-4-7-17(8-5-15)24-20(27)13-29-18-9-6-16(23)12-14(18)2/h4-9,12H,3,10-11,13H2,1-2H3,(H,24,27)(H,25,26,28). The molecule has 2 aromatic carbocycles. The zero-order valence-corrected chi connectivity index (χ0v) is 18.8. The van der Waals surface area contributed by atoms with E-state index in [1.54, 1.807) is 0 Å². The van der Waals surface area contributed by atoms with Gasteiger partial charge in [0.15, 0.2) is 0 Å². The Balaban J connectivity index is 1.63. The second-order valence-electron chi connectivity index (χ2n) is 7.14. The monoisotopic (exact) mass is 474 g/mol. The number of carbonyl (C=O) groups is 3. The summed E-state index contributed by atoms with van der Waals surface area (Å²) in [7, 11) is 0. The Morgan fingerprint density at radius 2 is 1.93 bits per heavy atom. The first-order chi connectivity index (χ1) is 13.8. The molecule has 1 fully saturated rings. The fraction of sp³-hybridized carbons (Fsp3) is 0.318. The SMILES string of the molecule is CCC1(c2ccc(NC(=O)CSc3ccc(Br)cc3C)cc2)CCC(=O)NC1=O. The zero-order valence-electron chi connectivity index (χ0n) is 16.4. The Hall–Kier alpha value is -2.12. The van der Waals surface area contributed by atoms with Crippen LogP contribution in [0.1, 0.15) is 37.3 Å². The fourth-order valence-corrected chi connectivity index (χ4v) is 4.84. The minimum Gasteiger partial charge on any atom is -0.325 e. The quantitative estimate of drug-likeness (QED) is 0.474. The summed E-state index contributed by atoms with van der Waals surface area (Å²) in [4.78, 5) is 37.4. The van der Waals surface area contributed by atoms with Crippen molar-refractivity contribution in [1.29, 1.82) is 0 Å². The van der Waals surface area contributed by atoms with Gasteiger partial charge in [-0.1, -0.05) is 35.0 Å². The van der Waals surface area contributed by atoms with Gasteiger partial charge >= 0.3 is 0 Å². The Morgan fingerprint density at radius 1 is 1.21 bits per heavy atom. The minimum atomic E-state index is -0.689. The van der Waals surface area contributed by atoms with E-state index in [1.807, 2.05) is 56.3 Å². The number of nitrogens with one attached hydrogen (secondary N) is 2. The molecule has 1 saturated heterocycles. The van der Waals surface area contributed by atoms with Gasteiger partial charge in [0.2, 0.25) is 17.7 Å². The maximum absolute atomic E-state index is 12.5. The number of anilines is 1. The number of hydrogen-bond donors (Lipinski definition) is 2. The van der Waals surface area contributed by atoms with Gasteiger partial charge in [0, 0.05) is 21.5 Å². The van der Waals surface area contributed by atoms with Gasteiger partial charge in [0.25, 0.3) is 0 Å². The summed E-state index contributed by atoms with van der Waals surface area (Å²) in [5.74, 6) is -0.236. The number of thioether (sulfide) groups is 1. The van der Waals surface area contributed by atoms with Crippen molar-refractivity contribution in [1.82, 2.24) is 5.32 Å². The van der Waals surface area contributed by atoms with Crippen molar-refractivity contribution >= 4 is 51.1 Å². The van der Waals surface area contributed by atoms with Crippen LogP contribution in [0.2, 0.25) is 0 Å². The predicted molar refractivity (Wildman–Crippen MR) is 119 cm³/mol. The molecule has 7 heteroatoms. The predicted octanol–water partition coefficient (Wildman–Crippen LogP) is 4.57. The van der Waals surface area contributed by atoms with Crippen LogP contribution in [0.15, 0.2) is 51.8 Å². The average Bonchev–Trinajstić information content (AvgIpc) is 2.69. The van der Waals surface area contributed by atoms with Gasteiger partial charge in [-0.15, -0.1) is 11.8 Å². The summed E-state index contributed by atoms with van der Waals surface area (Å²) in [5, 5.41) is 5.35. The number of hydrogen-bond acceptors (Lipinski definition) is 4. The van der Waals surface area contributed by atoms with Crippen LogP contribution in [0, 0.1) is 6.92 Å². The number of halogens is 1. The first-order valence-electron chi connectivity index (χ1n) is 9.47. The molecule has 1 unspecified atom stereocenters. The van der Waals surface area contributed by atoms with E-state index in [4.69, 9.17) is 0 Å².